The zero-order valence-corrected chi connectivity index (χ0v) is 20.4. The molecule has 4 rings (SSSR count). The number of aromatic nitrogens is 2. The molecule has 1 atom stereocenters. The maximum absolute atomic E-state index is 12.9. The van der Waals surface area contributed by atoms with E-state index in [0.717, 1.165) is 24.9 Å². The molecule has 2 aromatic carbocycles. The largest absolute Gasteiger partial charge is 0.385 e. The molecule has 0 aliphatic carbocycles. The molecular weight excluding hydrogens is 466 g/mol. The fourth-order valence-electron chi connectivity index (χ4n) is 4.49. The minimum Gasteiger partial charge on any atom is -0.385 e. The lowest BCUT2D eigenvalue weighted by Gasteiger charge is -2.22. The molecule has 0 bridgehead atoms. The third kappa shape index (κ3) is 5.67. The van der Waals surface area contributed by atoms with Crippen LogP contribution in [0.15, 0.2) is 47.3 Å². The van der Waals surface area contributed by atoms with Gasteiger partial charge in [-0.2, -0.15) is 0 Å². The number of nitrogens with two attached hydrogens (primary N) is 1. The molecule has 1 unspecified atom stereocenters. The van der Waals surface area contributed by atoms with Crippen LogP contribution in [-0.4, -0.2) is 52.6 Å². The number of H-pyrrole nitrogens is 1. The Morgan fingerprint density at radius 3 is 2.86 bits per heavy atom. The van der Waals surface area contributed by atoms with Crippen molar-refractivity contribution in [3.05, 3.63) is 68.7 Å². The number of fused-ring (bicyclic) bond motifs is 1. The molecule has 0 spiro atoms. The van der Waals surface area contributed by atoms with Crippen LogP contribution in [0.3, 0.4) is 0 Å². The summed E-state index contributed by atoms with van der Waals surface area (Å²) in [6.07, 6.45) is 2.38. The van der Waals surface area contributed by atoms with Gasteiger partial charge < -0.3 is 20.8 Å². The number of carbonyl (C=O) groups excluding carboxylic acids is 2. The number of primary amides is 1. The normalized spacial score (nSPS) is 16.0. The molecule has 35 heavy (non-hydrogen) atoms. The smallest absolute Gasteiger partial charge is 0.262 e. The number of hydrogen-bond donors (Lipinski definition) is 3. The monoisotopic (exact) mass is 495 g/mol. The summed E-state index contributed by atoms with van der Waals surface area (Å²) >= 11 is 5.36. The second-order valence-corrected chi connectivity index (χ2v) is 9.07. The SMILES string of the molecule is COCCCn1c(=S)[nH]c2cc(C(=O)Nc3cccc(CN4CCCC4C(N)=O)c3)ccc2c1=O. The van der Waals surface area contributed by atoms with E-state index in [2.05, 4.69) is 15.2 Å². The lowest BCUT2D eigenvalue weighted by molar-refractivity contribution is -0.122. The number of amides is 2. The quantitative estimate of drug-likeness (QED) is 0.310. The Hall–Kier alpha value is -3.34. The molecule has 4 N–H and O–H groups in total. The van der Waals surface area contributed by atoms with Crippen molar-refractivity contribution >= 4 is 40.6 Å². The van der Waals surface area contributed by atoms with E-state index in [1.807, 2.05) is 24.3 Å². The van der Waals surface area contributed by atoms with Gasteiger partial charge in [0.25, 0.3) is 11.5 Å². The number of rotatable bonds is 9. The van der Waals surface area contributed by atoms with E-state index < -0.39 is 0 Å². The zero-order chi connectivity index (χ0) is 24.9. The maximum atomic E-state index is 12.9. The van der Waals surface area contributed by atoms with E-state index in [1.54, 1.807) is 25.3 Å². The van der Waals surface area contributed by atoms with Gasteiger partial charge in [0.2, 0.25) is 5.91 Å². The highest BCUT2D eigenvalue weighted by Gasteiger charge is 2.28. The summed E-state index contributed by atoms with van der Waals surface area (Å²) in [6.45, 7) is 2.38. The van der Waals surface area contributed by atoms with Crippen LogP contribution in [0.2, 0.25) is 0 Å². The first-order valence-electron chi connectivity index (χ1n) is 11.6. The van der Waals surface area contributed by atoms with Crippen molar-refractivity contribution in [3.63, 3.8) is 0 Å². The van der Waals surface area contributed by atoms with Crippen molar-refractivity contribution in [2.24, 2.45) is 5.73 Å². The molecule has 9 nitrogen and oxygen atoms in total. The number of aromatic amines is 1. The van der Waals surface area contributed by atoms with Crippen molar-refractivity contribution in [1.82, 2.24) is 14.5 Å². The number of anilines is 1. The molecule has 1 saturated heterocycles. The zero-order valence-electron chi connectivity index (χ0n) is 19.6. The van der Waals surface area contributed by atoms with Crippen molar-refractivity contribution in [3.8, 4) is 0 Å². The second-order valence-electron chi connectivity index (χ2n) is 8.68. The highest BCUT2D eigenvalue weighted by atomic mass is 32.1. The fourth-order valence-corrected chi connectivity index (χ4v) is 4.77. The number of nitrogens with zero attached hydrogens (tertiary/aromatic N) is 2. The van der Waals surface area contributed by atoms with Gasteiger partial charge in [-0.1, -0.05) is 12.1 Å². The van der Waals surface area contributed by atoms with Crippen LogP contribution in [0.5, 0.6) is 0 Å². The minimum atomic E-state index is -0.302. The Morgan fingerprint density at radius 2 is 2.09 bits per heavy atom. The van der Waals surface area contributed by atoms with Crippen LogP contribution in [0.1, 0.15) is 35.2 Å². The van der Waals surface area contributed by atoms with E-state index in [0.29, 0.717) is 53.0 Å². The molecule has 2 heterocycles. The Balaban J connectivity index is 1.50. The van der Waals surface area contributed by atoms with Gasteiger partial charge in [0.15, 0.2) is 4.77 Å². The summed E-state index contributed by atoms with van der Waals surface area (Å²) in [5, 5.41) is 3.37. The molecule has 1 fully saturated rings. The lowest BCUT2D eigenvalue weighted by Crippen LogP contribution is -2.39. The van der Waals surface area contributed by atoms with E-state index in [4.69, 9.17) is 22.7 Å². The van der Waals surface area contributed by atoms with Crippen LogP contribution in [0.25, 0.3) is 10.9 Å². The van der Waals surface area contributed by atoms with Crippen molar-refractivity contribution in [2.75, 3.05) is 25.6 Å². The van der Waals surface area contributed by atoms with E-state index in [9.17, 15) is 14.4 Å². The first-order chi connectivity index (χ1) is 16.9. The van der Waals surface area contributed by atoms with Gasteiger partial charge in [-0.3, -0.25) is 23.9 Å². The number of carbonyl (C=O) groups is 2. The second kappa shape index (κ2) is 10.9. The molecule has 3 aromatic rings. The van der Waals surface area contributed by atoms with Gasteiger partial charge in [-0.05, 0) is 73.9 Å². The first kappa shape index (κ1) is 24.8. The molecule has 10 heteroatoms. The molecule has 0 radical (unpaired) electrons. The standard InChI is InChI=1S/C25H29N5O4S/c1-34-12-4-11-30-24(33)19-9-8-17(14-20(19)28-25(30)35)23(32)27-18-6-2-5-16(13-18)15-29-10-3-7-21(29)22(26)31/h2,5-6,8-9,13-14,21H,3-4,7,10-12,15H2,1H3,(H2,26,31)(H,27,32)(H,28,35). The van der Waals surface area contributed by atoms with Gasteiger partial charge in [-0.25, -0.2) is 0 Å². The minimum absolute atomic E-state index is 0.198. The Labute approximate surface area is 207 Å². The van der Waals surface area contributed by atoms with Crippen LogP contribution in [0, 0.1) is 4.77 Å². The van der Waals surface area contributed by atoms with Crippen molar-refractivity contribution in [2.45, 2.75) is 38.4 Å². The Bertz CT molecular complexity index is 1370. The molecule has 1 aliphatic rings. The van der Waals surface area contributed by atoms with E-state index in [-0.39, 0.29) is 23.4 Å². The third-order valence-corrected chi connectivity index (χ3v) is 6.56. The van der Waals surface area contributed by atoms with Crippen LogP contribution >= 0.6 is 12.2 Å². The third-order valence-electron chi connectivity index (χ3n) is 6.24. The van der Waals surface area contributed by atoms with E-state index >= 15 is 0 Å². The lowest BCUT2D eigenvalue weighted by atomic mass is 10.1. The number of nitrogens with one attached hydrogen (secondary N) is 2. The average Bonchev–Trinajstić information content (AvgIpc) is 3.29. The summed E-state index contributed by atoms with van der Waals surface area (Å²) in [6, 6.07) is 12.2. The van der Waals surface area contributed by atoms with Gasteiger partial charge in [0.05, 0.1) is 16.9 Å². The average molecular weight is 496 g/mol. The highest BCUT2D eigenvalue weighted by Crippen LogP contribution is 2.22. The molecule has 184 valence electrons. The van der Waals surface area contributed by atoms with Crippen LogP contribution in [-0.2, 0) is 22.6 Å². The molecule has 2 amide bonds. The van der Waals surface area contributed by atoms with Crippen LogP contribution < -0.4 is 16.6 Å². The fraction of sp³-hybridized carbons (Fsp3) is 0.360. The molecule has 1 aliphatic heterocycles. The number of benzene rings is 2. The molecule has 0 saturated carbocycles. The topological polar surface area (TPSA) is 122 Å². The molecular formula is C25H29N5O4S. The predicted molar refractivity (Wildman–Crippen MR) is 137 cm³/mol. The number of hydrogen-bond acceptors (Lipinski definition) is 6. The van der Waals surface area contributed by atoms with Gasteiger partial charge in [0, 0.05) is 38.1 Å². The Morgan fingerprint density at radius 1 is 1.26 bits per heavy atom. The summed E-state index contributed by atoms with van der Waals surface area (Å²) < 4.78 is 6.86. The summed E-state index contributed by atoms with van der Waals surface area (Å²) in [7, 11) is 1.61. The first-order valence-corrected chi connectivity index (χ1v) is 12.0. The summed E-state index contributed by atoms with van der Waals surface area (Å²) in [5.74, 6) is -0.604. The van der Waals surface area contributed by atoms with Crippen molar-refractivity contribution in [1.29, 1.82) is 0 Å². The van der Waals surface area contributed by atoms with E-state index in [1.165, 1.54) is 4.57 Å². The predicted octanol–water partition coefficient (Wildman–Crippen LogP) is 2.80. The summed E-state index contributed by atoms with van der Waals surface area (Å²) in [5.41, 5.74) is 7.86. The van der Waals surface area contributed by atoms with Gasteiger partial charge in [-0.15, -0.1) is 0 Å². The molecule has 1 aromatic heterocycles. The van der Waals surface area contributed by atoms with Crippen LogP contribution in [0.4, 0.5) is 5.69 Å². The Kier molecular flexibility index (Phi) is 7.74. The number of methoxy groups -OCH3 is 1. The highest BCUT2D eigenvalue weighted by molar-refractivity contribution is 7.71. The number of likely N-dealkylation sites (tertiary alicyclic amines) is 1. The summed E-state index contributed by atoms with van der Waals surface area (Å²) in [4.78, 5) is 42.6. The number of ether oxygens (including phenoxy) is 1. The maximum Gasteiger partial charge on any atom is 0.262 e. The van der Waals surface area contributed by atoms with Crippen molar-refractivity contribution < 1.29 is 14.3 Å². The van der Waals surface area contributed by atoms with Gasteiger partial charge in [0.1, 0.15) is 0 Å². The van der Waals surface area contributed by atoms with Gasteiger partial charge >= 0.3 is 0 Å².